The number of rotatable bonds is 5. The number of aromatic nitrogens is 3. The van der Waals surface area contributed by atoms with Crippen molar-refractivity contribution in [3.05, 3.63) is 36.2 Å². The van der Waals surface area contributed by atoms with Crippen LogP contribution in [0.25, 0.3) is 0 Å². The van der Waals surface area contributed by atoms with Gasteiger partial charge in [0.15, 0.2) is 0 Å². The first-order valence-corrected chi connectivity index (χ1v) is 6.16. The van der Waals surface area contributed by atoms with Gasteiger partial charge in [-0.3, -0.25) is 4.68 Å². The summed E-state index contributed by atoms with van der Waals surface area (Å²) in [6.45, 7) is 0.490. The molecule has 0 aliphatic rings. The lowest BCUT2D eigenvalue weighted by Crippen LogP contribution is -2.06. The van der Waals surface area contributed by atoms with Crippen molar-refractivity contribution in [1.82, 2.24) is 15.0 Å². The highest BCUT2D eigenvalue weighted by molar-refractivity contribution is 7.99. The van der Waals surface area contributed by atoms with Crippen molar-refractivity contribution < 1.29 is 8.78 Å². The number of thioether (sulfide) groups is 1. The fraction of sp³-hybridized carbons (Fsp3) is 0.273. The molecule has 1 aromatic carbocycles. The molecule has 18 heavy (non-hydrogen) atoms. The average Bonchev–Trinajstić information content (AvgIpc) is 2.73. The zero-order valence-electron chi connectivity index (χ0n) is 9.68. The Hall–Kier alpha value is -1.63. The molecule has 0 bridgehead atoms. The van der Waals surface area contributed by atoms with E-state index in [0.717, 1.165) is 5.69 Å². The molecule has 0 spiro atoms. The van der Waals surface area contributed by atoms with Crippen molar-refractivity contribution in [3.8, 4) is 0 Å². The van der Waals surface area contributed by atoms with Crippen LogP contribution in [-0.2, 0) is 13.6 Å². The number of nitrogens with one attached hydrogen (secondary N) is 1. The molecule has 1 heterocycles. The lowest BCUT2D eigenvalue weighted by molar-refractivity contribution is 0.252. The van der Waals surface area contributed by atoms with Crippen LogP contribution in [0.1, 0.15) is 5.69 Å². The number of halogens is 2. The minimum absolute atomic E-state index is 0.490. The van der Waals surface area contributed by atoms with Gasteiger partial charge in [0.05, 0.1) is 18.4 Å². The van der Waals surface area contributed by atoms with Crippen LogP contribution >= 0.6 is 11.8 Å². The van der Waals surface area contributed by atoms with E-state index in [4.69, 9.17) is 0 Å². The van der Waals surface area contributed by atoms with Crippen molar-refractivity contribution in [2.75, 3.05) is 5.32 Å². The quantitative estimate of drug-likeness (QED) is 0.848. The number of hydrogen-bond donors (Lipinski definition) is 1. The highest BCUT2D eigenvalue weighted by Crippen LogP contribution is 2.31. The Morgan fingerprint density at radius 1 is 1.39 bits per heavy atom. The monoisotopic (exact) mass is 270 g/mol. The zero-order valence-corrected chi connectivity index (χ0v) is 10.5. The Morgan fingerprint density at radius 2 is 2.17 bits per heavy atom. The lowest BCUT2D eigenvalue weighted by Gasteiger charge is -2.10. The summed E-state index contributed by atoms with van der Waals surface area (Å²) in [4.78, 5) is 0.530. The predicted molar refractivity (Wildman–Crippen MR) is 66.6 cm³/mol. The average molecular weight is 270 g/mol. The second-order valence-corrected chi connectivity index (χ2v) is 4.61. The van der Waals surface area contributed by atoms with E-state index in [-0.39, 0.29) is 0 Å². The van der Waals surface area contributed by atoms with Gasteiger partial charge >= 0.3 is 0 Å². The third-order valence-corrected chi connectivity index (χ3v) is 3.16. The molecule has 0 saturated heterocycles. The summed E-state index contributed by atoms with van der Waals surface area (Å²) in [5.41, 5.74) is 1.57. The molecule has 1 N–H and O–H groups in total. The first kappa shape index (κ1) is 12.8. The minimum atomic E-state index is -2.42. The molecule has 0 atom stereocenters. The van der Waals surface area contributed by atoms with Gasteiger partial charge in [-0.25, -0.2) is 0 Å². The highest BCUT2D eigenvalue weighted by Gasteiger charge is 2.09. The van der Waals surface area contributed by atoms with Crippen LogP contribution in [0.15, 0.2) is 35.4 Å². The molecule has 96 valence electrons. The minimum Gasteiger partial charge on any atom is -0.378 e. The summed E-state index contributed by atoms with van der Waals surface area (Å²) in [7, 11) is 1.78. The van der Waals surface area contributed by atoms with E-state index in [1.165, 1.54) is 0 Å². The third-order valence-electron chi connectivity index (χ3n) is 2.37. The number of para-hydroxylation sites is 1. The molecule has 1 aromatic heterocycles. The maximum atomic E-state index is 12.4. The number of hydrogen-bond acceptors (Lipinski definition) is 4. The number of aryl methyl sites for hydroxylation is 1. The summed E-state index contributed by atoms with van der Waals surface area (Å²) in [6, 6.07) is 6.98. The fourth-order valence-electron chi connectivity index (χ4n) is 1.47. The zero-order chi connectivity index (χ0) is 13.0. The summed E-state index contributed by atoms with van der Waals surface area (Å²) < 4.78 is 26.4. The van der Waals surface area contributed by atoms with E-state index < -0.39 is 5.76 Å². The Morgan fingerprint density at radius 3 is 2.83 bits per heavy atom. The van der Waals surface area contributed by atoms with Gasteiger partial charge in [0.1, 0.15) is 0 Å². The summed E-state index contributed by atoms with van der Waals surface area (Å²) in [5.74, 6) is -2.42. The van der Waals surface area contributed by atoms with E-state index in [1.54, 1.807) is 42.2 Å². The van der Waals surface area contributed by atoms with Gasteiger partial charge in [0, 0.05) is 17.6 Å². The second-order valence-electron chi connectivity index (χ2n) is 3.58. The normalized spacial score (nSPS) is 10.9. The summed E-state index contributed by atoms with van der Waals surface area (Å²) in [5, 5.41) is 10.7. The molecule has 0 unspecified atom stereocenters. The van der Waals surface area contributed by atoms with E-state index in [9.17, 15) is 8.78 Å². The van der Waals surface area contributed by atoms with Crippen molar-refractivity contribution >= 4 is 17.4 Å². The standard InChI is InChI=1S/C11H12F2N4S/c1-17-8(7-15-16-17)6-14-9-4-2-3-5-10(9)18-11(12)13/h2-5,7,11,14H,6H2,1H3. The SMILES string of the molecule is Cn1nncc1CNc1ccccc1SC(F)F. The Kier molecular flexibility index (Phi) is 4.14. The van der Waals surface area contributed by atoms with Gasteiger partial charge in [0.2, 0.25) is 0 Å². The van der Waals surface area contributed by atoms with Gasteiger partial charge in [-0.1, -0.05) is 29.1 Å². The Balaban J connectivity index is 2.07. The molecule has 0 saturated carbocycles. The van der Waals surface area contributed by atoms with Gasteiger partial charge in [0.25, 0.3) is 5.76 Å². The lowest BCUT2D eigenvalue weighted by atomic mass is 10.3. The van der Waals surface area contributed by atoms with Gasteiger partial charge < -0.3 is 5.32 Å². The van der Waals surface area contributed by atoms with E-state index in [2.05, 4.69) is 15.6 Å². The largest absolute Gasteiger partial charge is 0.378 e. The van der Waals surface area contributed by atoms with Gasteiger partial charge in [-0.15, -0.1) is 5.10 Å². The smallest absolute Gasteiger partial charge is 0.288 e. The first-order chi connectivity index (χ1) is 8.66. The first-order valence-electron chi connectivity index (χ1n) is 5.28. The van der Waals surface area contributed by atoms with Crippen LogP contribution < -0.4 is 5.32 Å². The molecular weight excluding hydrogens is 258 g/mol. The molecule has 7 heteroatoms. The maximum absolute atomic E-state index is 12.4. The van der Waals surface area contributed by atoms with E-state index in [1.807, 2.05) is 0 Å². The number of nitrogens with zero attached hydrogens (tertiary/aromatic N) is 3. The fourth-order valence-corrected chi connectivity index (χ4v) is 2.08. The van der Waals surface area contributed by atoms with Crippen LogP contribution in [0, 0.1) is 0 Å². The van der Waals surface area contributed by atoms with Crippen molar-refractivity contribution in [3.63, 3.8) is 0 Å². The second kappa shape index (κ2) is 5.81. The van der Waals surface area contributed by atoms with Crippen LogP contribution in [-0.4, -0.2) is 20.8 Å². The number of anilines is 1. The van der Waals surface area contributed by atoms with E-state index >= 15 is 0 Å². The van der Waals surface area contributed by atoms with Crippen molar-refractivity contribution in [2.45, 2.75) is 17.2 Å². The van der Waals surface area contributed by atoms with Gasteiger partial charge in [-0.05, 0) is 12.1 Å². The number of benzene rings is 1. The summed E-state index contributed by atoms with van der Waals surface area (Å²) >= 11 is 0.533. The van der Waals surface area contributed by atoms with Gasteiger partial charge in [-0.2, -0.15) is 8.78 Å². The van der Waals surface area contributed by atoms with Crippen LogP contribution in [0.3, 0.4) is 0 Å². The van der Waals surface area contributed by atoms with Crippen molar-refractivity contribution in [1.29, 1.82) is 0 Å². The highest BCUT2D eigenvalue weighted by atomic mass is 32.2. The molecule has 4 nitrogen and oxygen atoms in total. The molecule has 0 aliphatic carbocycles. The summed E-state index contributed by atoms with van der Waals surface area (Å²) in [6.07, 6.45) is 1.63. The molecule has 2 aromatic rings. The molecule has 0 aliphatic heterocycles. The third kappa shape index (κ3) is 3.19. The van der Waals surface area contributed by atoms with Crippen LogP contribution in [0.2, 0.25) is 0 Å². The molecule has 2 rings (SSSR count). The number of alkyl halides is 2. The van der Waals surface area contributed by atoms with Crippen molar-refractivity contribution in [2.24, 2.45) is 7.05 Å². The van der Waals surface area contributed by atoms with E-state index in [0.29, 0.717) is 28.9 Å². The molecule has 0 amide bonds. The topological polar surface area (TPSA) is 42.7 Å². The predicted octanol–water partition coefficient (Wildman–Crippen LogP) is 2.74. The molecule has 0 fully saturated rings. The van der Waals surface area contributed by atoms with Crippen LogP contribution in [0.5, 0.6) is 0 Å². The Bertz CT molecular complexity index is 515. The Labute approximate surface area is 107 Å². The molecular formula is C11H12F2N4S. The maximum Gasteiger partial charge on any atom is 0.288 e. The molecule has 0 radical (unpaired) electrons. The van der Waals surface area contributed by atoms with Crippen LogP contribution in [0.4, 0.5) is 14.5 Å².